The van der Waals surface area contributed by atoms with Gasteiger partial charge in [0, 0.05) is 19.5 Å². The van der Waals surface area contributed by atoms with Gasteiger partial charge in [-0.05, 0) is 19.3 Å². The molecule has 102 valence electrons. The molecule has 4 atom stereocenters. The Hall–Kier alpha value is -0.300. The second-order valence-electron chi connectivity index (χ2n) is 5.18. The number of amidine groups is 1. The maximum absolute atomic E-state index is 10.1. The molecular formula is C12H20N2O3S. The minimum Gasteiger partial charge on any atom is -0.394 e. The monoisotopic (exact) mass is 272 g/mol. The number of thioether (sulfide) groups is 1. The van der Waals surface area contributed by atoms with Crippen LogP contribution in [0.3, 0.4) is 0 Å². The number of piperidine rings is 1. The standard InChI is InChI=1S/C12H20N2O3S/c15-7-8-6-9(16)10-11(17-8)18-12(13-10)14-4-2-1-3-5-14/h8-11,15-16H,1-7H2/t8-,9-,10+,11+/m0/s1. The Balaban J connectivity index is 1.68. The maximum Gasteiger partial charge on any atom is 0.162 e. The lowest BCUT2D eigenvalue weighted by molar-refractivity contribution is -0.0875. The van der Waals surface area contributed by atoms with Crippen molar-refractivity contribution in [2.45, 2.75) is 49.4 Å². The second-order valence-corrected chi connectivity index (χ2v) is 6.25. The van der Waals surface area contributed by atoms with Crippen molar-refractivity contribution in [3.63, 3.8) is 0 Å². The van der Waals surface area contributed by atoms with Crippen LogP contribution in [0.25, 0.3) is 0 Å². The fraction of sp³-hybridized carbons (Fsp3) is 0.917. The zero-order valence-electron chi connectivity index (χ0n) is 10.4. The van der Waals surface area contributed by atoms with Crippen LogP contribution in [0, 0.1) is 0 Å². The van der Waals surface area contributed by atoms with E-state index in [2.05, 4.69) is 9.89 Å². The molecule has 0 aliphatic carbocycles. The smallest absolute Gasteiger partial charge is 0.162 e. The van der Waals surface area contributed by atoms with E-state index in [1.165, 1.54) is 19.3 Å². The molecule has 5 nitrogen and oxygen atoms in total. The maximum atomic E-state index is 10.1. The lowest BCUT2D eigenvalue weighted by Crippen LogP contribution is -2.45. The second kappa shape index (κ2) is 5.36. The zero-order chi connectivity index (χ0) is 12.5. The Kier molecular flexibility index (Phi) is 3.79. The lowest BCUT2D eigenvalue weighted by atomic mass is 10.0. The van der Waals surface area contributed by atoms with Gasteiger partial charge in [-0.1, -0.05) is 11.8 Å². The van der Waals surface area contributed by atoms with Crippen LogP contribution in [0.5, 0.6) is 0 Å². The summed E-state index contributed by atoms with van der Waals surface area (Å²) in [5.74, 6) is 0. The number of fused-ring (bicyclic) bond motifs is 1. The van der Waals surface area contributed by atoms with Crippen LogP contribution in [0.2, 0.25) is 0 Å². The normalized spacial score (nSPS) is 40.6. The van der Waals surface area contributed by atoms with Gasteiger partial charge in [0.25, 0.3) is 0 Å². The first kappa shape index (κ1) is 12.7. The van der Waals surface area contributed by atoms with E-state index in [4.69, 9.17) is 9.84 Å². The van der Waals surface area contributed by atoms with Crippen LogP contribution >= 0.6 is 11.8 Å². The predicted molar refractivity (Wildman–Crippen MR) is 70.6 cm³/mol. The first-order chi connectivity index (χ1) is 8.78. The van der Waals surface area contributed by atoms with Crippen molar-refractivity contribution in [2.75, 3.05) is 19.7 Å². The van der Waals surface area contributed by atoms with E-state index in [1.54, 1.807) is 11.8 Å². The molecule has 0 bridgehead atoms. The molecule has 2 fully saturated rings. The topological polar surface area (TPSA) is 65.3 Å². The highest BCUT2D eigenvalue weighted by Gasteiger charge is 2.43. The number of aliphatic hydroxyl groups excluding tert-OH is 2. The quantitative estimate of drug-likeness (QED) is 0.724. The molecule has 0 aromatic carbocycles. The Labute approximate surface area is 111 Å². The van der Waals surface area contributed by atoms with Crippen molar-refractivity contribution in [1.82, 2.24) is 4.90 Å². The van der Waals surface area contributed by atoms with E-state index < -0.39 is 6.10 Å². The fourth-order valence-electron chi connectivity index (χ4n) is 2.78. The van der Waals surface area contributed by atoms with Gasteiger partial charge in [0.05, 0.1) is 18.8 Å². The van der Waals surface area contributed by atoms with Gasteiger partial charge in [-0.3, -0.25) is 4.99 Å². The predicted octanol–water partition coefficient (Wildman–Crippen LogP) is 0.412. The van der Waals surface area contributed by atoms with Crippen molar-refractivity contribution in [1.29, 1.82) is 0 Å². The van der Waals surface area contributed by atoms with Crippen molar-refractivity contribution in [3.05, 3.63) is 0 Å². The van der Waals surface area contributed by atoms with E-state index >= 15 is 0 Å². The summed E-state index contributed by atoms with van der Waals surface area (Å²) in [6.07, 6.45) is 3.48. The number of nitrogens with zero attached hydrogens (tertiary/aromatic N) is 2. The molecule has 0 aromatic rings. The van der Waals surface area contributed by atoms with Gasteiger partial charge in [0.1, 0.15) is 11.5 Å². The summed E-state index contributed by atoms with van der Waals surface area (Å²) >= 11 is 1.61. The van der Waals surface area contributed by atoms with Gasteiger partial charge in [-0.15, -0.1) is 0 Å². The summed E-state index contributed by atoms with van der Waals surface area (Å²) in [4.78, 5) is 6.93. The summed E-state index contributed by atoms with van der Waals surface area (Å²) in [6, 6.07) is -0.158. The van der Waals surface area contributed by atoms with Crippen LogP contribution in [0.4, 0.5) is 0 Å². The van der Waals surface area contributed by atoms with Crippen LogP contribution in [0.15, 0.2) is 4.99 Å². The van der Waals surface area contributed by atoms with E-state index in [0.717, 1.165) is 18.3 Å². The van der Waals surface area contributed by atoms with Crippen LogP contribution in [-0.4, -0.2) is 63.7 Å². The number of likely N-dealkylation sites (tertiary alicyclic amines) is 1. The Morgan fingerprint density at radius 1 is 1.33 bits per heavy atom. The van der Waals surface area contributed by atoms with Crippen molar-refractivity contribution in [2.24, 2.45) is 4.99 Å². The molecule has 0 aromatic heterocycles. The molecule has 6 heteroatoms. The molecule has 3 aliphatic heterocycles. The molecule has 3 aliphatic rings. The summed E-state index contributed by atoms with van der Waals surface area (Å²) in [6.45, 7) is 2.09. The highest BCUT2D eigenvalue weighted by atomic mass is 32.2. The number of aliphatic imine (C=N–C) groups is 1. The van der Waals surface area contributed by atoms with Crippen molar-refractivity contribution in [3.8, 4) is 0 Å². The Morgan fingerprint density at radius 2 is 2.11 bits per heavy atom. The summed E-state index contributed by atoms with van der Waals surface area (Å²) in [5, 5.41) is 20.2. The summed E-state index contributed by atoms with van der Waals surface area (Å²) in [5.41, 5.74) is -0.122. The fourth-order valence-corrected chi connectivity index (χ4v) is 4.10. The molecule has 2 N–H and O–H groups in total. The van der Waals surface area contributed by atoms with E-state index in [1.807, 2.05) is 0 Å². The average molecular weight is 272 g/mol. The first-order valence-corrected chi connectivity index (χ1v) is 7.59. The highest BCUT2D eigenvalue weighted by molar-refractivity contribution is 8.14. The molecule has 0 amide bonds. The first-order valence-electron chi connectivity index (χ1n) is 6.71. The van der Waals surface area contributed by atoms with Gasteiger partial charge in [0.15, 0.2) is 5.17 Å². The van der Waals surface area contributed by atoms with Crippen LogP contribution in [0.1, 0.15) is 25.7 Å². The third-order valence-electron chi connectivity index (χ3n) is 3.82. The SMILES string of the molecule is OC[C@@H]1C[C@H](O)[C@H]2N=C(N3CCCCC3)S[C@H]2O1. The van der Waals surface area contributed by atoms with E-state index in [9.17, 15) is 5.11 Å². The van der Waals surface area contributed by atoms with Crippen LogP contribution < -0.4 is 0 Å². The Bertz CT molecular complexity index is 333. The van der Waals surface area contributed by atoms with Gasteiger partial charge >= 0.3 is 0 Å². The number of hydrogen-bond acceptors (Lipinski definition) is 6. The molecule has 0 radical (unpaired) electrons. The molecule has 0 spiro atoms. The summed E-state index contributed by atoms with van der Waals surface area (Å²) in [7, 11) is 0. The number of aliphatic hydroxyl groups is 2. The molecule has 3 rings (SSSR count). The molecule has 0 unspecified atom stereocenters. The third-order valence-corrected chi connectivity index (χ3v) is 5.01. The van der Waals surface area contributed by atoms with Gasteiger partial charge in [-0.2, -0.15) is 0 Å². The molecule has 2 saturated heterocycles. The molecule has 0 saturated carbocycles. The van der Waals surface area contributed by atoms with Gasteiger partial charge in [0.2, 0.25) is 0 Å². The zero-order valence-corrected chi connectivity index (χ0v) is 11.2. The average Bonchev–Trinajstić information content (AvgIpc) is 2.84. The largest absolute Gasteiger partial charge is 0.394 e. The number of hydrogen-bond donors (Lipinski definition) is 2. The molecule has 3 heterocycles. The number of rotatable bonds is 1. The highest BCUT2D eigenvalue weighted by Crippen LogP contribution is 2.37. The Morgan fingerprint density at radius 3 is 2.83 bits per heavy atom. The minimum atomic E-state index is -0.490. The van der Waals surface area contributed by atoms with E-state index in [-0.39, 0.29) is 24.2 Å². The lowest BCUT2D eigenvalue weighted by Gasteiger charge is -2.33. The van der Waals surface area contributed by atoms with Crippen molar-refractivity contribution < 1.29 is 14.9 Å². The van der Waals surface area contributed by atoms with Crippen LogP contribution in [-0.2, 0) is 4.74 Å². The molecule has 18 heavy (non-hydrogen) atoms. The van der Waals surface area contributed by atoms with Crippen molar-refractivity contribution >= 4 is 16.9 Å². The van der Waals surface area contributed by atoms with Gasteiger partial charge < -0.3 is 19.8 Å². The third kappa shape index (κ3) is 2.39. The van der Waals surface area contributed by atoms with E-state index in [0.29, 0.717) is 6.42 Å². The number of ether oxygens (including phenoxy) is 1. The van der Waals surface area contributed by atoms with Gasteiger partial charge in [-0.25, -0.2) is 0 Å². The minimum absolute atomic E-state index is 0.0279. The summed E-state index contributed by atoms with van der Waals surface area (Å²) < 4.78 is 5.76. The molecular weight excluding hydrogens is 252 g/mol.